The molecule has 1 atom stereocenters. The first kappa shape index (κ1) is 25.3. The van der Waals surface area contributed by atoms with Crippen LogP contribution in [0.5, 0.6) is 17.2 Å². The Morgan fingerprint density at radius 1 is 1.00 bits per heavy atom. The van der Waals surface area contributed by atoms with E-state index in [4.69, 9.17) is 14.2 Å². The Labute approximate surface area is 200 Å². The highest BCUT2D eigenvalue weighted by atomic mass is 19.1. The maximum absolute atomic E-state index is 13.4. The van der Waals surface area contributed by atoms with E-state index in [0.717, 1.165) is 31.2 Å². The summed E-state index contributed by atoms with van der Waals surface area (Å²) in [6, 6.07) is 10.3. The fourth-order valence-corrected chi connectivity index (χ4v) is 4.03. The number of amides is 2. The van der Waals surface area contributed by atoms with Gasteiger partial charge in [-0.05, 0) is 37.5 Å². The average molecular weight is 473 g/mol. The van der Waals surface area contributed by atoms with Crippen LogP contribution in [0.25, 0.3) is 0 Å². The standard InChI is InChI=1S/C26H33FN2O5/c1-18(26(31)28-21-7-5-4-6-8-21)29(16-19-9-11-20(27)12-10-19)25(30)17-34-24-14-22(32-2)13-23(15-24)33-3/h9-15,18,21H,4-8,16-17H2,1-3H3,(H,28,31)/t18-/m0/s1. The first-order valence-corrected chi connectivity index (χ1v) is 11.6. The Hall–Kier alpha value is -3.29. The molecule has 0 unspecified atom stereocenters. The lowest BCUT2D eigenvalue weighted by Crippen LogP contribution is -2.51. The average Bonchev–Trinajstić information content (AvgIpc) is 2.86. The minimum Gasteiger partial charge on any atom is -0.496 e. The van der Waals surface area contributed by atoms with Crippen molar-refractivity contribution < 1.29 is 28.2 Å². The van der Waals surface area contributed by atoms with Gasteiger partial charge in [-0.15, -0.1) is 0 Å². The van der Waals surface area contributed by atoms with Crippen LogP contribution in [0.4, 0.5) is 4.39 Å². The molecule has 0 spiro atoms. The van der Waals surface area contributed by atoms with Gasteiger partial charge in [0.25, 0.3) is 5.91 Å². The van der Waals surface area contributed by atoms with E-state index in [0.29, 0.717) is 17.2 Å². The van der Waals surface area contributed by atoms with Crippen LogP contribution in [0.3, 0.4) is 0 Å². The third kappa shape index (κ3) is 7.10. The summed E-state index contributed by atoms with van der Waals surface area (Å²) in [5, 5.41) is 3.09. The molecule has 1 saturated carbocycles. The van der Waals surface area contributed by atoms with Crippen molar-refractivity contribution in [3.63, 3.8) is 0 Å². The van der Waals surface area contributed by atoms with E-state index in [1.165, 1.54) is 37.7 Å². The van der Waals surface area contributed by atoms with Crippen molar-refractivity contribution >= 4 is 11.8 Å². The molecular formula is C26H33FN2O5. The number of carbonyl (C=O) groups excluding carboxylic acids is 2. The molecule has 0 radical (unpaired) electrons. The number of hydrogen-bond donors (Lipinski definition) is 1. The van der Waals surface area contributed by atoms with Gasteiger partial charge in [0.2, 0.25) is 5.91 Å². The largest absolute Gasteiger partial charge is 0.496 e. The van der Waals surface area contributed by atoms with Gasteiger partial charge in [-0.25, -0.2) is 4.39 Å². The highest BCUT2D eigenvalue weighted by molar-refractivity contribution is 5.88. The van der Waals surface area contributed by atoms with Gasteiger partial charge in [-0.3, -0.25) is 9.59 Å². The summed E-state index contributed by atoms with van der Waals surface area (Å²) in [6.45, 7) is 1.58. The number of benzene rings is 2. The normalized spacial score (nSPS) is 14.7. The van der Waals surface area contributed by atoms with Gasteiger partial charge in [-0.1, -0.05) is 31.4 Å². The van der Waals surface area contributed by atoms with Crippen LogP contribution in [-0.2, 0) is 16.1 Å². The SMILES string of the molecule is COc1cc(OC)cc(OCC(=O)N(Cc2ccc(F)cc2)[C@@H](C)C(=O)NC2CCCCC2)c1. The van der Waals surface area contributed by atoms with Gasteiger partial charge in [0.05, 0.1) is 14.2 Å². The van der Waals surface area contributed by atoms with Gasteiger partial charge in [0, 0.05) is 30.8 Å². The summed E-state index contributed by atoms with van der Waals surface area (Å²) in [4.78, 5) is 27.7. The van der Waals surface area contributed by atoms with Crippen molar-refractivity contribution in [2.24, 2.45) is 0 Å². The molecule has 184 valence electrons. The predicted molar refractivity (Wildman–Crippen MR) is 126 cm³/mol. The number of hydrogen-bond acceptors (Lipinski definition) is 5. The van der Waals surface area contributed by atoms with Crippen molar-refractivity contribution in [3.8, 4) is 17.2 Å². The minimum atomic E-state index is -0.720. The summed E-state index contributed by atoms with van der Waals surface area (Å²) in [6.07, 6.45) is 5.27. The topological polar surface area (TPSA) is 77.1 Å². The number of carbonyl (C=O) groups is 2. The molecule has 1 aliphatic rings. The Morgan fingerprint density at radius 3 is 2.18 bits per heavy atom. The zero-order chi connectivity index (χ0) is 24.5. The highest BCUT2D eigenvalue weighted by Gasteiger charge is 2.28. The van der Waals surface area contributed by atoms with Crippen molar-refractivity contribution in [1.29, 1.82) is 0 Å². The second-order valence-corrected chi connectivity index (χ2v) is 8.50. The molecule has 3 rings (SSSR count). The second kappa shape index (κ2) is 12.3. The molecule has 34 heavy (non-hydrogen) atoms. The van der Waals surface area contributed by atoms with E-state index in [1.807, 2.05) is 0 Å². The molecule has 1 aliphatic carbocycles. The van der Waals surface area contributed by atoms with E-state index in [-0.39, 0.29) is 36.8 Å². The molecular weight excluding hydrogens is 439 g/mol. The molecule has 1 fully saturated rings. The van der Waals surface area contributed by atoms with Crippen molar-refractivity contribution in [3.05, 3.63) is 53.8 Å². The zero-order valence-corrected chi connectivity index (χ0v) is 20.0. The van der Waals surface area contributed by atoms with Gasteiger partial charge >= 0.3 is 0 Å². The Bertz CT molecular complexity index is 938. The Balaban J connectivity index is 1.73. The summed E-state index contributed by atoms with van der Waals surface area (Å²) in [5.74, 6) is 0.545. The lowest BCUT2D eigenvalue weighted by molar-refractivity contribution is -0.142. The maximum atomic E-state index is 13.4. The van der Waals surface area contributed by atoms with Crippen molar-refractivity contribution in [2.45, 2.75) is 57.7 Å². The van der Waals surface area contributed by atoms with Crippen LogP contribution in [0.15, 0.2) is 42.5 Å². The highest BCUT2D eigenvalue weighted by Crippen LogP contribution is 2.27. The van der Waals surface area contributed by atoms with Crippen LogP contribution in [-0.4, -0.2) is 49.6 Å². The molecule has 0 heterocycles. The van der Waals surface area contributed by atoms with Crippen LogP contribution < -0.4 is 19.5 Å². The summed E-state index contributed by atoms with van der Waals surface area (Å²) in [7, 11) is 3.06. The number of methoxy groups -OCH3 is 2. The fraction of sp³-hybridized carbons (Fsp3) is 0.462. The Morgan fingerprint density at radius 2 is 1.59 bits per heavy atom. The molecule has 0 bridgehead atoms. The number of nitrogens with zero attached hydrogens (tertiary/aromatic N) is 1. The monoisotopic (exact) mass is 472 g/mol. The van der Waals surface area contributed by atoms with Crippen LogP contribution in [0, 0.1) is 5.82 Å². The molecule has 2 amide bonds. The molecule has 2 aromatic rings. The molecule has 2 aromatic carbocycles. The maximum Gasteiger partial charge on any atom is 0.261 e. The summed E-state index contributed by atoms with van der Waals surface area (Å²) >= 11 is 0. The zero-order valence-electron chi connectivity index (χ0n) is 20.0. The lowest BCUT2D eigenvalue weighted by atomic mass is 9.95. The fourth-order valence-electron chi connectivity index (χ4n) is 4.03. The van der Waals surface area contributed by atoms with E-state index in [9.17, 15) is 14.0 Å². The number of ether oxygens (including phenoxy) is 3. The third-order valence-electron chi connectivity index (χ3n) is 6.07. The smallest absolute Gasteiger partial charge is 0.261 e. The molecule has 1 N–H and O–H groups in total. The number of rotatable bonds is 10. The van der Waals surface area contributed by atoms with Gasteiger partial charge in [0.1, 0.15) is 29.1 Å². The molecule has 8 heteroatoms. The molecule has 0 aromatic heterocycles. The van der Waals surface area contributed by atoms with Gasteiger partial charge in [-0.2, -0.15) is 0 Å². The van der Waals surface area contributed by atoms with E-state index in [1.54, 1.807) is 37.3 Å². The summed E-state index contributed by atoms with van der Waals surface area (Å²) < 4.78 is 29.6. The molecule has 7 nitrogen and oxygen atoms in total. The second-order valence-electron chi connectivity index (χ2n) is 8.50. The first-order valence-electron chi connectivity index (χ1n) is 11.6. The first-order chi connectivity index (χ1) is 16.4. The number of halogens is 1. The van der Waals surface area contributed by atoms with Crippen LogP contribution in [0.1, 0.15) is 44.6 Å². The van der Waals surface area contributed by atoms with E-state index in [2.05, 4.69) is 5.32 Å². The molecule has 0 saturated heterocycles. The number of nitrogens with one attached hydrogen (secondary N) is 1. The third-order valence-corrected chi connectivity index (χ3v) is 6.07. The summed E-state index contributed by atoms with van der Waals surface area (Å²) in [5.41, 5.74) is 0.718. The molecule has 0 aliphatic heterocycles. The van der Waals surface area contributed by atoms with E-state index < -0.39 is 6.04 Å². The van der Waals surface area contributed by atoms with E-state index >= 15 is 0 Å². The van der Waals surface area contributed by atoms with Gasteiger partial charge < -0.3 is 24.4 Å². The van der Waals surface area contributed by atoms with Crippen molar-refractivity contribution in [1.82, 2.24) is 10.2 Å². The predicted octanol–water partition coefficient (Wildman–Crippen LogP) is 4.09. The van der Waals surface area contributed by atoms with Crippen LogP contribution >= 0.6 is 0 Å². The lowest BCUT2D eigenvalue weighted by Gasteiger charge is -2.31. The van der Waals surface area contributed by atoms with Crippen molar-refractivity contribution in [2.75, 3.05) is 20.8 Å². The Kier molecular flexibility index (Phi) is 9.13. The van der Waals surface area contributed by atoms with Crippen LogP contribution in [0.2, 0.25) is 0 Å². The minimum absolute atomic E-state index is 0.131. The quantitative estimate of drug-likeness (QED) is 0.564. The van der Waals surface area contributed by atoms with Gasteiger partial charge in [0.15, 0.2) is 6.61 Å².